The third kappa shape index (κ3) is 3.01. The summed E-state index contributed by atoms with van der Waals surface area (Å²) in [6, 6.07) is 0.365. The first-order valence-electron chi connectivity index (χ1n) is 4.90. The second-order valence-corrected chi connectivity index (χ2v) is 4.03. The molecule has 0 aromatic rings. The molecule has 0 spiro atoms. The molecular weight excluding hydrogens is 182 g/mol. The predicted octanol–water partition coefficient (Wildman–Crippen LogP) is 1.18. The molecule has 0 aromatic carbocycles. The molecule has 1 aliphatic rings. The molecule has 1 N–H and O–H groups in total. The van der Waals surface area contributed by atoms with Crippen LogP contribution in [0.1, 0.15) is 13.3 Å². The fourth-order valence-corrected chi connectivity index (χ4v) is 2.04. The minimum absolute atomic E-state index is 0.288. The molecule has 0 aromatic heterocycles. The van der Waals surface area contributed by atoms with Gasteiger partial charge in [-0.25, -0.2) is 0 Å². The van der Waals surface area contributed by atoms with E-state index in [1.807, 2.05) is 0 Å². The van der Waals surface area contributed by atoms with Gasteiger partial charge < -0.3 is 5.11 Å². The van der Waals surface area contributed by atoms with E-state index in [9.17, 15) is 5.11 Å². The summed E-state index contributed by atoms with van der Waals surface area (Å²) in [4.78, 5) is 2.34. The molecule has 1 fully saturated rings. The minimum atomic E-state index is 0.288. The van der Waals surface area contributed by atoms with E-state index in [1.165, 1.54) is 6.42 Å². The van der Waals surface area contributed by atoms with Gasteiger partial charge in [-0.15, -0.1) is 0 Å². The van der Waals surface area contributed by atoms with Gasteiger partial charge in [-0.3, -0.25) is 4.90 Å². The van der Waals surface area contributed by atoms with Gasteiger partial charge in [-0.1, -0.05) is 19.1 Å². The van der Waals surface area contributed by atoms with Gasteiger partial charge in [0.2, 0.25) is 0 Å². The van der Waals surface area contributed by atoms with Gasteiger partial charge in [0.1, 0.15) is 0 Å². The average Bonchev–Trinajstić information content (AvgIpc) is 2.47. The van der Waals surface area contributed by atoms with Crippen LogP contribution in [0.4, 0.5) is 0 Å². The molecule has 0 radical (unpaired) electrons. The van der Waals surface area contributed by atoms with Crippen molar-refractivity contribution in [2.45, 2.75) is 19.4 Å². The molecule has 1 aliphatic heterocycles. The first-order chi connectivity index (χ1) is 6.29. The number of thiol groups is 1. The highest BCUT2D eigenvalue weighted by molar-refractivity contribution is 7.80. The summed E-state index contributed by atoms with van der Waals surface area (Å²) in [7, 11) is 0. The van der Waals surface area contributed by atoms with Crippen molar-refractivity contribution in [3.63, 3.8) is 0 Å². The molecule has 1 saturated heterocycles. The maximum Gasteiger partial charge on any atom is 0.0589 e. The number of hydrogen-bond donors (Lipinski definition) is 2. The molecule has 1 rings (SSSR count). The molecule has 2 atom stereocenters. The molecule has 0 amide bonds. The first-order valence-corrected chi connectivity index (χ1v) is 5.53. The Kier molecular flexibility index (Phi) is 4.84. The van der Waals surface area contributed by atoms with Crippen molar-refractivity contribution in [2.75, 3.05) is 25.4 Å². The highest BCUT2D eigenvalue weighted by atomic mass is 32.1. The third-order valence-corrected chi connectivity index (χ3v) is 3.01. The summed E-state index contributed by atoms with van der Waals surface area (Å²) in [5, 5.41) is 9.18. The maximum absolute atomic E-state index is 9.18. The fraction of sp³-hybridized carbons (Fsp3) is 0.800. The van der Waals surface area contributed by atoms with Crippen molar-refractivity contribution in [1.29, 1.82) is 0 Å². The molecule has 0 aliphatic carbocycles. The van der Waals surface area contributed by atoms with E-state index < -0.39 is 0 Å². The third-order valence-electron chi connectivity index (χ3n) is 2.80. The van der Waals surface area contributed by atoms with Crippen molar-refractivity contribution in [1.82, 2.24) is 4.90 Å². The molecule has 1 heterocycles. The lowest BCUT2D eigenvalue weighted by Gasteiger charge is -2.23. The summed E-state index contributed by atoms with van der Waals surface area (Å²) >= 11 is 4.11. The SMILES string of the molecule is CC1CCN(C/C=C/CS)C1CO. The zero-order valence-corrected chi connectivity index (χ0v) is 9.08. The standard InChI is InChI=1S/C10H19NOS/c1-9-4-6-11(10(9)8-12)5-2-3-7-13/h2-3,9-10,12-13H,4-8H2,1H3/b3-2+. The van der Waals surface area contributed by atoms with E-state index in [1.54, 1.807) is 0 Å². The van der Waals surface area contributed by atoms with Crippen molar-refractivity contribution < 1.29 is 5.11 Å². The Bertz CT molecular complexity index is 172. The van der Waals surface area contributed by atoms with E-state index in [0.29, 0.717) is 12.0 Å². The Morgan fingerprint density at radius 1 is 1.54 bits per heavy atom. The van der Waals surface area contributed by atoms with Crippen LogP contribution < -0.4 is 0 Å². The fourth-order valence-electron chi connectivity index (χ4n) is 1.89. The summed E-state index contributed by atoms with van der Waals surface area (Å²) in [5.74, 6) is 1.43. The van der Waals surface area contributed by atoms with Crippen molar-refractivity contribution in [3.8, 4) is 0 Å². The average molecular weight is 201 g/mol. The van der Waals surface area contributed by atoms with Crippen LogP contribution in [0.5, 0.6) is 0 Å². The minimum Gasteiger partial charge on any atom is -0.395 e. The van der Waals surface area contributed by atoms with Gasteiger partial charge in [0.25, 0.3) is 0 Å². The lowest BCUT2D eigenvalue weighted by molar-refractivity contribution is 0.149. The van der Waals surface area contributed by atoms with Crippen molar-refractivity contribution >= 4 is 12.6 Å². The van der Waals surface area contributed by atoms with Crippen LogP contribution >= 0.6 is 12.6 Å². The highest BCUT2D eigenvalue weighted by Gasteiger charge is 2.29. The molecular formula is C10H19NOS. The second-order valence-electron chi connectivity index (χ2n) is 3.66. The Hall–Kier alpha value is 0.01000. The van der Waals surface area contributed by atoms with Crippen LogP contribution in [0.2, 0.25) is 0 Å². The van der Waals surface area contributed by atoms with E-state index in [-0.39, 0.29) is 6.61 Å². The Morgan fingerprint density at radius 3 is 2.92 bits per heavy atom. The van der Waals surface area contributed by atoms with Crippen molar-refractivity contribution in [2.24, 2.45) is 5.92 Å². The van der Waals surface area contributed by atoms with E-state index >= 15 is 0 Å². The molecule has 76 valence electrons. The van der Waals surface area contributed by atoms with Crippen LogP contribution in [-0.4, -0.2) is 41.5 Å². The first kappa shape index (κ1) is 11.1. The van der Waals surface area contributed by atoms with Gasteiger partial charge in [-0.2, -0.15) is 12.6 Å². The summed E-state index contributed by atoms with van der Waals surface area (Å²) in [6.07, 6.45) is 5.40. The maximum atomic E-state index is 9.18. The number of aliphatic hydroxyl groups excluding tert-OH is 1. The molecule has 0 bridgehead atoms. The molecule has 3 heteroatoms. The van der Waals surface area contributed by atoms with Gasteiger partial charge in [-0.05, 0) is 18.9 Å². The van der Waals surface area contributed by atoms with Gasteiger partial charge >= 0.3 is 0 Å². The highest BCUT2D eigenvalue weighted by Crippen LogP contribution is 2.22. The Balaban J connectivity index is 2.37. The van der Waals surface area contributed by atoms with Crippen LogP contribution in [0, 0.1) is 5.92 Å². The predicted molar refractivity (Wildman–Crippen MR) is 59.2 cm³/mol. The van der Waals surface area contributed by atoms with Crippen LogP contribution in [0.15, 0.2) is 12.2 Å². The van der Waals surface area contributed by atoms with Gasteiger partial charge in [0.05, 0.1) is 6.61 Å². The largest absolute Gasteiger partial charge is 0.395 e. The number of rotatable bonds is 4. The summed E-state index contributed by atoms with van der Waals surface area (Å²) in [6.45, 7) is 4.57. The van der Waals surface area contributed by atoms with Gasteiger partial charge in [0.15, 0.2) is 0 Å². The summed E-state index contributed by atoms with van der Waals surface area (Å²) < 4.78 is 0. The van der Waals surface area contributed by atoms with Crippen LogP contribution in [0.25, 0.3) is 0 Å². The molecule has 2 unspecified atom stereocenters. The number of aliphatic hydroxyl groups is 1. The molecule has 13 heavy (non-hydrogen) atoms. The Labute approximate surface area is 86.0 Å². The lowest BCUT2D eigenvalue weighted by atomic mass is 10.0. The normalized spacial score (nSPS) is 30.4. The smallest absolute Gasteiger partial charge is 0.0589 e. The topological polar surface area (TPSA) is 23.5 Å². The summed E-state index contributed by atoms with van der Waals surface area (Å²) in [5.41, 5.74) is 0. The van der Waals surface area contributed by atoms with Crippen LogP contribution in [-0.2, 0) is 0 Å². The van der Waals surface area contributed by atoms with E-state index in [2.05, 4.69) is 36.6 Å². The number of nitrogens with zero attached hydrogens (tertiary/aromatic N) is 1. The zero-order valence-electron chi connectivity index (χ0n) is 8.19. The van der Waals surface area contributed by atoms with Crippen molar-refractivity contribution in [3.05, 3.63) is 12.2 Å². The van der Waals surface area contributed by atoms with E-state index in [4.69, 9.17) is 0 Å². The van der Waals surface area contributed by atoms with Crippen LogP contribution in [0.3, 0.4) is 0 Å². The quantitative estimate of drug-likeness (QED) is 0.527. The van der Waals surface area contributed by atoms with Gasteiger partial charge in [0, 0.05) is 18.3 Å². The zero-order chi connectivity index (χ0) is 9.68. The number of hydrogen-bond acceptors (Lipinski definition) is 3. The Morgan fingerprint density at radius 2 is 2.31 bits per heavy atom. The lowest BCUT2D eigenvalue weighted by Crippen LogP contribution is -2.35. The van der Waals surface area contributed by atoms with E-state index in [0.717, 1.165) is 18.8 Å². The molecule has 0 saturated carbocycles. The second kappa shape index (κ2) is 5.68. The monoisotopic (exact) mass is 201 g/mol. The number of likely N-dealkylation sites (tertiary alicyclic amines) is 1. The molecule has 2 nitrogen and oxygen atoms in total.